The summed E-state index contributed by atoms with van der Waals surface area (Å²) < 4.78 is 37.7. The number of carbonyl (C=O) groups is 1. The van der Waals surface area contributed by atoms with E-state index in [-0.39, 0.29) is 17.1 Å². The summed E-state index contributed by atoms with van der Waals surface area (Å²) in [6.45, 7) is 4.43. The highest BCUT2D eigenvalue weighted by atomic mass is 32.2. The fourth-order valence-electron chi connectivity index (χ4n) is 3.03. The highest BCUT2D eigenvalue weighted by Gasteiger charge is 2.30. The fraction of sp³-hybridized carbons (Fsp3) is 0.444. The van der Waals surface area contributed by atoms with Crippen LogP contribution in [0.15, 0.2) is 33.7 Å². The van der Waals surface area contributed by atoms with Gasteiger partial charge in [0, 0.05) is 13.1 Å². The molecule has 3 rings (SSSR count). The van der Waals surface area contributed by atoms with Crippen molar-refractivity contribution in [2.45, 2.75) is 44.6 Å². The average molecular weight is 378 g/mol. The van der Waals surface area contributed by atoms with Gasteiger partial charge in [0.1, 0.15) is 12.4 Å². The zero-order valence-corrected chi connectivity index (χ0v) is 15.7. The van der Waals surface area contributed by atoms with Crippen molar-refractivity contribution >= 4 is 16.0 Å². The summed E-state index contributed by atoms with van der Waals surface area (Å²) >= 11 is 0. The van der Waals surface area contributed by atoms with Crippen molar-refractivity contribution < 1.29 is 22.5 Å². The second-order valence-electron chi connectivity index (χ2n) is 6.34. The first kappa shape index (κ1) is 18.6. The van der Waals surface area contributed by atoms with Crippen molar-refractivity contribution in [3.05, 3.63) is 46.8 Å². The summed E-state index contributed by atoms with van der Waals surface area (Å²) in [4.78, 5) is 12.5. The highest BCUT2D eigenvalue weighted by Crippen LogP contribution is 2.24. The molecule has 0 aliphatic carbocycles. The van der Waals surface area contributed by atoms with Crippen LogP contribution in [0.4, 0.5) is 0 Å². The van der Waals surface area contributed by atoms with Crippen molar-refractivity contribution in [3.8, 4) is 0 Å². The van der Waals surface area contributed by atoms with Crippen LogP contribution in [0.2, 0.25) is 0 Å². The quantitative estimate of drug-likeness (QED) is 0.743. The van der Waals surface area contributed by atoms with Crippen LogP contribution in [0.3, 0.4) is 0 Å². The monoisotopic (exact) mass is 378 g/mol. The molecule has 1 aliphatic rings. The number of carbonyl (C=O) groups excluding carboxylic acids is 1. The molecule has 1 saturated heterocycles. The van der Waals surface area contributed by atoms with E-state index in [4.69, 9.17) is 9.26 Å². The lowest BCUT2D eigenvalue weighted by atomic mass is 10.2. The van der Waals surface area contributed by atoms with Crippen LogP contribution in [0.5, 0.6) is 0 Å². The molecular weight excluding hydrogens is 356 g/mol. The number of nitrogens with zero attached hydrogens (tertiary/aromatic N) is 2. The number of benzene rings is 1. The largest absolute Gasteiger partial charge is 0.457 e. The normalized spacial score (nSPS) is 15.8. The van der Waals surface area contributed by atoms with Gasteiger partial charge in [0.2, 0.25) is 10.0 Å². The number of ether oxygens (including phenoxy) is 1. The van der Waals surface area contributed by atoms with Gasteiger partial charge in [0.25, 0.3) is 0 Å². The molecule has 2 aromatic rings. The zero-order valence-electron chi connectivity index (χ0n) is 14.9. The van der Waals surface area contributed by atoms with E-state index < -0.39 is 16.0 Å². The van der Waals surface area contributed by atoms with E-state index >= 15 is 0 Å². The summed E-state index contributed by atoms with van der Waals surface area (Å²) in [6.07, 6.45) is 2.68. The first-order valence-electron chi connectivity index (χ1n) is 8.59. The van der Waals surface area contributed by atoms with Crippen LogP contribution < -0.4 is 0 Å². The molecule has 0 N–H and O–H groups in total. The number of esters is 1. The number of piperidine rings is 1. The first-order chi connectivity index (χ1) is 12.4. The second-order valence-corrected chi connectivity index (χ2v) is 8.25. The maximum Gasteiger partial charge on any atom is 0.339 e. The molecule has 1 aromatic carbocycles. The molecule has 0 saturated carbocycles. The molecule has 2 heterocycles. The zero-order chi connectivity index (χ0) is 18.7. The molecule has 0 amide bonds. The van der Waals surface area contributed by atoms with Gasteiger partial charge in [-0.05, 0) is 38.8 Å². The highest BCUT2D eigenvalue weighted by molar-refractivity contribution is 7.89. The Morgan fingerprint density at radius 3 is 2.54 bits per heavy atom. The Balaban J connectivity index is 1.83. The number of sulfonamides is 1. The van der Waals surface area contributed by atoms with Gasteiger partial charge >= 0.3 is 5.97 Å². The molecule has 7 nitrogen and oxygen atoms in total. The van der Waals surface area contributed by atoms with Crippen LogP contribution in [0.1, 0.15) is 46.6 Å². The molecule has 0 atom stereocenters. The Morgan fingerprint density at radius 1 is 1.19 bits per heavy atom. The molecule has 140 valence electrons. The van der Waals surface area contributed by atoms with Gasteiger partial charge in [-0.1, -0.05) is 23.7 Å². The van der Waals surface area contributed by atoms with E-state index in [9.17, 15) is 13.2 Å². The summed E-state index contributed by atoms with van der Waals surface area (Å²) in [5, 5.41) is 3.82. The predicted octanol–water partition coefficient (Wildman–Crippen LogP) is 2.82. The third-order valence-electron chi connectivity index (χ3n) is 4.57. The Labute approximate surface area is 153 Å². The lowest BCUT2D eigenvalue weighted by Gasteiger charge is -2.26. The molecule has 1 aromatic heterocycles. The molecule has 1 aliphatic heterocycles. The Hall–Kier alpha value is -2.19. The number of hydrogen-bond acceptors (Lipinski definition) is 6. The van der Waals surface area contributed by atoms with Crippen molar-refractivity contribution in [2.24, 2.45) is 0 Å². The van der Waals surface area contributed by atoms with Crippen molar-refractivity contribution in [1.29, 1.82) is 0 Å². The van der Waals surface area contributed by atoms with E-state index in [1.54, 1.807) is 26.0 Å². The maximum absolute atomic E-state index is 12.9. The van der Waals surface area contributed by atoms with Crippen LogP contribution in [-0.4, -0.2) is 36.9 Å². The lowest BCUT2D eigenvalue weighted by Crippen LogP contribution is -2.36. The Kier molecular flexibility index (Phi) is 5.43. The van der Waals surface area contributed by atoms with E-state index in [0.29, 0.717) is 30.1 Å². The fourth-order valence-corrected chi connectivity index (χ4v) is 4.72. The molecule has 8 heteroatoms. The van der Waals surface area contributed by atoms with Gasteiger partial charge < -0.3 is 9.26 Å². The molecule has 0 radical (unpaired) electrons. The van der Waals surface area contributed by atoms with Gasteiger partial charge in [0.05, 0.1) is 21.7 Å². The minimum absolute atomic E-state index is 0.00865. The topological polar surface area (TPSA) is 89.7 Å². The number of aryl methyl sites for hydroxylation is 2. The van der Waals surface area contributed by atoms with Crippen LogP contribution in [-0.2, 0) is 21.4 Å². The van der Waals surface area contributed by atoms with Crippen LogP contribution >= 0.6 is 0 Å². The molecule has 0 bridgehead atoms. The van der Waals surface area contributed by atoms with E-state index in [0.717, 1.165) is 19.3 Å². The maximum atomic E-state index is 12.9. The smallest absolute Gasteiger partial charge is 0.339 e. The van der Waals surface area contributed by atoms with Gasteiger partial charge in [-0.25, -0.2) is 13.2 Å². The molecular formula is C18H22N2O5S. The Bertz CT molecular complexity index is 879. The van der Waals surface area contributed by atoms with Gasteiger partial charge in [-0.15, -0.1) is 0 Å². The number of hydrogen-bond donors (Lipinski definition) is 0. The van der Waals surface area contributed by atoms with Gasteiger partial charge in [0.15, 0.2) is 0 Å². The van der Waals surface area contributed by atoms with Crippen molar-refractivity contribution in [2.75, 3.05) is 13.1 Å². The number of rotatable bonds is 5. The predicted molar refractivity (Wildman–Crippen MR) is 94.1 cm³/mol. The molecule has 0 unspecified atom stereocenters. The third kappa shape index (κ3) is 3.66. The minimum atomic E-state index is -3.72. The van der Waals surface area contributed by atoms with E-state index in [1.807, 2.05) is 0 Å². The number of aromatic nitrogens is 1. The summed E-state index contributed by atoms with van der Waals surface area (Å²) in [5.41, 5.74) is 1.38. The summed E-state index contributed by atoms with van der Waals surface area (Å²) in [5.74, 6) is -0.106. The minimum Gasteiger partial charge on any atom is -0.457 e. The standard InChI is InChI=1S/C18H22N2O5S/c1-13-16(14(2)25-19-13)12-24-18(21)15-8-4-5-9-17(15)26(22,23)20-10-6-3-7-11-20/h4-5,8-9H,3,6-7,10-12H2,1-2H3. The molecule has 1 fully saturated rings. The van der Waals surface area contributed by atoms with Crippen LogP contribution in [0.25, 0.3) is 0 Å². The molecule has 26 heavy (non-hydrogen) atoms. The van der Waals surface area contributed by atoms with Crippen LogP contribution in [0, 0.1) is 13.8 Å². The second kappa shape index (κ2) is 7.59. The van der Waals surface area contributed by atoms with E-state index in [1.165, 1.54) is 16.4 Å². The molecule has 0 spiro atoms. The van der Waals surface area contributed by atoms with Crippen molar-refractivity contribution in [1.82, 2.24) is 9.46 Å². The van der Waals surface area contributed by atoms with Gasteiger partial charge in [-0.2, -0.15) is 4.31 Å². The summed E-state index contributed by atoms with van der Waals surface area (Å²) in [7, 11) is -3.72. The van der Waals surface area contributed by atoms with Crippen molar-refractivity contribution in [3.63, 3.8) is 0 Å². The average Bonchev–Trinajstić information content (AvgIpc) is 2.98. The van der Waals surface area contributed by atoms with Gasteiger partial charge in [-0.3, -0.25) is 0 Å². The SMILES string of the molecule is Cc1noc(C)c1COC(=O)c1ccccc1S(=O)(=O)N1CCCCC1. The van der Waals surface area contributed by atoms with E-state index in [2.05, 4.69) is 5.16 Å². The lowest BCUT2D eigenvalue weighted by molar-refractivity contribution is 0.0466. The Morgan fingerprint density at radius 2 is 1.88 bits per heavy atom. The summed E-state index contributed by atoms with van der Waals surface area (Å²) in [6, 6.07) is 6.17. The first-order valence-corrected chi connectivity index (χ1v) is 10.0. The third-order valence-corrected chi connectivity index (χ3v) is 6.53.